The van der Waals surface area contributed by atoms with Crippen LogP contribution in [0.4, 0.5) is 0 Å². The zero-order valence-electron chi connectivity index (χ0n) is 7.74. The summed E-state index contributed by atoms with van der Waals surface area (Å²) in [4.78, 5) is 0. The summed E-state index contributed by atoms with van der Waals surface area (Å²) in [5.41, 5.74) is 2.16. The Morgan fingerprint density at radius 2 is 1.33 bits per heavy atom. The van der Waals surface area contributed by atoms with Crippen molar-refractivity contribution in [3.05, 3.63) is 51.4 Å². The lowest BCUT2D eigenvalue weighted by Gasteiger charge is -2.07. The highest BCUT2D eigenvalue weighted by molar-refractivity contribution is 9.11. The number of aromatic hydroxyl groups is 1. The average Bonchev–Trinajstić information content (AvgIpc) is 2.20. The maximum absolute atomic E-state index is 9.22. The minimum Gasteiger partial charge on any atom is -0.508 e. The largest absolute Gasteiger partial charge is 0.508 e. The third kappa shape index (κ3) is 2.24. The number of hydrogen-bond acceptors (Lipinski definition) is 1. The Hall–Kier alpha value is -0.800. The van der Waals surface area contributed by atoms with Crippen LogP contribution in [0.2, 0.25) is 0 Å². The molecule has 1 nitrogen and oxygen atoms in total. The van der Waals surface area contributed by atoms with Crippen LogP contribution in [-0.2, 0) is 0 Å². The Morgan fingerprint density at radius 3 is 1.87 bits per heavy atom. The molecule has 0 bridgehead atoms. The second-order valence-electron chi connectivity index (χ2n) is 3.14. The normalized spacial score (nSPS) is 10.3. The molecule has 0 aliphatic rings. The van der Waals surface area contributed by atoms with Crippen LogP contribution in [0.1, 0.15) is 0 Å². The predicted octanol–water partition coefficient (Wildman–Crippen LogP) is 4.58. The highest BCUT2D eigenvalue weighted by Gasteiger charge is 2.06. The number of phenols is 1. The monoisotopic (exact) mass is 326 g/mol. The first-order valence-corrected chi connectivity index (χ1v) is 6.00. The molecule has 0 spiro atoms. The average molecular weight is 328 g/mol. The summed E-state index contributed by atoms with van der Waals surface area (Å²) >= 11 is 7.02. The van der Waals surface area contributed by atoms with Crippen molar-refractivity contribution in [1.29, 1.82) is 0 Å². The van der Waals surface area contributed by atoms with E-state index in [4.69, 9.17) is 0 Å². The second kappa shape index (κ2) is 4.37. The Kier molecular flexibility index (Phi) is 3.12. The van der Waals surface area contributed by atoms with Crippen LogP contribution in [0.15, 0.2) is 51.4 Å². The summed E-state index contributed by atoms with van der Waals surface area (Å²) in [6, 6.07) is 13.1. The van der Waals surface area contributed by atoms with Crippen molar-refractivity contribution in [3.63, 3.8) is 0 Å². The van der Waals surface area contributed by atoms with E-state index in [2.05, 4.69) is 31.9 Å². The van der Waals surface area contributed by atoms with Gasteiger partial charge in [0.1, 0.15) is 5.75 Å². The molecule has 2 rings (SSSR count). The quantitative estimate of drug-likeness (QED) is 0.812. The molecule has 15 heavy (non-hydrogen) atoms. The van der Waals surface area contributed by atoms with Gasteiger partial charge in [-0.2, -0.15) is 0 Å². The molecule has 0 atom stereocenters. The Balaban J connectivity index is 2.58. The highest BCUT2D eigenvalue weighted by Crippen LogP contribution is 2.35. The molecule has 0 saturated carbocycles. The van der Waals surface area contributed by atoms with E-state index in [1.807, 2.05) is 30.3 Å². The lowest BCUT2D eigenvalue weighted by molar-refractivity contribution is 0.475. The lowest BCUT2D eigenvalue weighted by atomic mass is 10.1. The summed E-state index contributed by atoms with van der Waals surface area (Å²) in [5.74, 6) is 0.280. The first-order chi connectivity index (χ1) is 7.18. The molecule has 0 unspecified atom stereocenters. The molecule has 2 aromatic rings. The van der Waals surface area contributed by atoms with Gasteiger partial charge in [0, 0.05) is 14.5 Å². The summed E-state index contributed by atoms with van der Waals surface area (Å²) in [6.07, 6.45) is 0. The number of hydrogen-bond donors (Lipinski definition) is 1. The molecule has 0 amide bonds. The summed E-state index contributed by atoms with van der Waals surface area (Å²) in [5, 5.41) is 9.22. The summed E-state index contributed by atoms with van der Waals surface area (Å²) in [7, 11) is 0. The van der Waals surface area contributed by atoms with Crippen LogP contribution in [0.5, 0.6) is 5.75 Å². The molecule has 0 saturated heterocycles. The number of phenolic OH excluding ortho intramolecular Hbond substituents is 1. The van der Waals surface area contributed by atoms with Crippen molar-refractivity contribution in [2.45, 2.75) is 0 Å². The molecule has 3 heteroatoms. The molecular formula is C12H8Br2O. The third-order valence-corrected chi connectivity index (χ3v) is 3.44. The fourth-order valence-corrected chi connectivity index (χ4v) is 2.86. The minimum atomic E-state index is 0.280. The molecule has 1 N–H and O–H groups in total. The van der Waals surface area contributed by atoms with Crippen LogP contribution in [0, 0.1) is 0 Å². The van der Waals surface area contributed by atoms with E-state index < -0.39 is 0 Å². The van der Waals surface area contributed by atoms with Crippen LogP contribution in [-0.4, -0.2) is 5.11 Å². The van der Waals surface area contributed by atoms with Gasteiger partial charge in [0.05, 0.1) is 0 Å². The van der Waals surface area contributed by atoms with Gasteiger partial charge in [-0.1, -0.05) is 50.1 Å². The van der Waals surface area contributed by atoms with Crippen molar-refractivity contribution in [2.24, 2.45) is 0 Å². The fourth-order valence-electron chi connectivity index (χ4n) is 1.40. The van der Waals surface area contributed by atoms with Gasteiger partial charge < -0.3 is 5.11 Å². The van der Waals surface area contributed by atoms with Gasteiger partial charge in [0.15, 0.2) is 0 Å². The van der Waals surface area contributed by atoms with Crippen molar-refractivity contribution in [2.75, 3.05) is 0 Å². The fraction of sp³-hybridized carbons (Fsp3) is 0. The standard InChI is InChI=1S/C12H8Br2O/c13-10-2-1-3-11(14)12(10)8-4-6-9(15)7-5-8/h1-7,15H. The van der Waals surface area contributed by atoms with Crippen molar-refractivity contribution >= 4 is 31.9 Å². The lowest BCUT2D eigenvalue weighted by Crippen LogP contribution is -1.81. The first-order valence-electron chi connectivity index (χ1n) is 4.42. The first kappa shape index (κ1) is 10.7. The maximum Gasteiger partial charge on any atom is 0.115 e. The van der Waals surface area contributed by atoms with E-state index in [1.165, 1.54) is 0 Å². The van der Waals surface area contributed by atoms with E-state index in [0.29, 0.717) is 0 Å². The topological polar surface area (TPSA) is 20.2 Å². The van der Waals surface area contributed by atoms with Gasteiger partial charge in [-0.25, -0.2) is 0 Å². The molecule has 2 aromatic carbocycles. The minimum absolute atomic E-state index is 0.280. The number of halogens is 2. The smallest absolute Gasteiger partial charge is 0.115 e. The Morgan fingerprint density at radius 1 is 0.800 bits per heavy atom. The van der Waals surface area contributed by atoms with Gasteiger partial charge in [0.2, 0.25) is 0 Å². The summed E-state index contributed by atoms with van der Waals surface area (Å²) < 4.78 is 2.06. The maximum atomic E-state index is 9.22. The van der Waals surface area contributed by atoms with E-state index in [1.54, 1.807) is 12.1 Å². The van der Waals surface area contributed by atoms with Crippen LogP contribution in [0.3, 0.4) is 0 Å². The zero-order valence-corrected chi connectivity index (χ0v) is 10.9. The number of rotatable bonds is 1. The van der Waals surface area contributed by atoms with E-state index in [-0.39, 0.29) is 5.75 Å². The van der Waals surface area contributed by atoms with E-state index >= 15 is 0 Å². The van der Waals surface area contributed by atoms with Crippen LogP contribution >= 0.6 is 31.9 Å². The van der Waals surface area contributed by atoms with Crippen molar-refractivity contribution < 1.29 is 5.11 Å². The SMILES string of the molecule is Oc1ccc(-c2c(Br)cccc2Br)cc1. The zero-order chi connectivity index (χ0) is 10.8. The molecule has 0 fully saturated rings. The van der Waals surface area contributed by atoms with Crippen molar-refractivity contribution in [3.8, 4) is 16.9 Å². The van der Waals surface area contributed by atoms with E-state index in [9.17, 15) is 5.11 Å². The molecule has 0 aromatic heterocycles. The molecule has 76 valence electrons. The van der Waals surface area contributed by atoms with Gasteiger partial charge in [-0.3, -0.25) is 0 Å². The second-order valence-corrected chi connectivity index (χ2v) is 4.85. The predicted molar refractivity (Wildman–Crippen MR) is 68.9 cm³/mol. The number of benzene rings is 2. The van der Waals surface area contributed by atoms with E-state index in [0.717, 1.165) is 20.1 Å². The molecule has 0 aliphatic heterocycles. The van der Waals surface area contributed by atoms with Gasteiger partial charge in [-0.05, 0) is 29.8 Å². The summed E-state index contributed by atoms with van der Waals surface area (Å²) in [6.45, 7) is 0. The Labute approximate surface area is 105 Å². The van der Waals surface area contributed by atoms with Crippen molar-refractivity contribution in [1.82, 2.24) is 0 Å². The molecule has 0 aliphatic carbocycles. The molecule has 0 radical (unpaired) electrons. The highest BCUT2D eigenvalue weighted by atomic mass is 79.9. The van der Waals surface area contributed by atoms with Gasteiger partial charge in [-0.15, -0.1) is 0 Å². The van der Waals surface area contributed by atoms with Gasteiger partial charge in [0.25, 0.3) is 0 Å². The molecule has 0 heterocycles. The van der Waals surface area contributed by atoms with Crippen LogP contribution in [0.25, 0.3) is 11.1 Å². The Bertz CT molecular complexity index is 457. The van der Waals surface area contributed by atoms with Gasteiger partial charge >= 0.3 is 0 Å². The third-order valence-electron chi connectivity index (χ3n) is 2.12. The van der Waals surface area contributed by atoms with Crippen LogP contribution < -0.4 is 0 Å². The molecular weight excluding hydrogens is 320 g/mol.